The number of amidine groups is 1. The number of nitrogens with zero attached hydrogens (tertiary/aromatic N) is 2. The fraction of sp³-hybridized carbons (Fsp3) is 0.917. The quantitative estimate of drug-likeness (QED) is 0.335. The second kappa shape index (κ2) is 5.53. The molecule has 1 rings (SSSR count). The molecule has 0 amide bonds. The first-order valence-corrected chi connectivity index (χ1v) is 6.15. The summed E-state index contributed by atoms with van der Waals surface area (Å²) in [6.07, 6.45) is 4.55. The van der Waals surface area contributed by atoms with Gasteiger partial charge in [0.2, 0.25) is 0 Å². The van der Waals surface area contributed by atoms with E-state index in [0.29, 0.717) is 11.3 Å². The van der Waals surface area contributed by atoms with Crippen molar-refractivity contribution in [1.82, 2.24) is 4.90 Å². The van der Waals surface area contributed by atoms with E-state index in [2.05, 4.69) is 30.8 Å². The Balaban J connectivity index is 2.54. The number of nitrogens with two attached hydrogens (primary N) is 1. The lowest BCUT2D eigenvalue weighted by atomic mass is 9.91. The molecule has 1 unspecified atom stereocenters. The topological polar surface area (TPSA) is 61.8 Å². The van der Waals surface area contributed by atoms with E-state index in [1.54, 1.807) is 0 Å². The molecule has 4 nitrogen and oxygen atoms in total. The van der Waals surface area contributed by atoms with Crippen LogP contribution >= 0.6 is 0 Å². The molecule has 94 valence electrons. The zero-order valence-corrected chi connectivity index (χ0v) is 10.7. The zero-order chi connectivity index (χ0) is 12.2. The Hall–Kier alpha value is -0.770. The summed E-state index contributed by atoms with van der Waals surface area (Å²) in [7, 11) is 0. The summed E-state index contributed by atoms with van der Waals surface area (Å²) in [5, 5.41) is 11.9. The van der Waals surface area contributed by atoms with Crippen molar-refractivity contribution in [3.8, 4) is 0 Å². The summed E-state index contributed by atoms with van der Waals surface area (Å²) in [6.45, 7) is 8.84. The Labute approximate surface area is 98.5 Å². The average molecular weight is 227 g/mol. The third kappa shape index (κ3) is 4.00. The van der Waals surface area contributed by atoms with Crippen LogP contribution in [0.1, 0.15) is 46.5 Å². The first kappa shape index (κ1) is 13.3. The number of likely N-dealkylation sites (tertiary alicyclic amines) is 1. The van der Waals surface area contributed by atoms with Crippen molar-refractivity contribution in [3.05, 3.63) is 0 Å². The standard InChI is InChI=1S/C12H25N3O/c1-12(2,3)7-9-15-8-5-4-6-10(15)11(13)14-16/h10,16H,4-9H2,1-3H3,(H2,13,14). The van der Waals surface area contributed by atoms with Crippen molar-refractivity contribution in [1.29, 1.82) is 0 Å². The van der Waals surface area contributed by atoms with Gasteiger partial charge in [0.15, 0.2) is 5.84 Å². The van der Waals surface area contributed by atoms with E-state index in [0.717, 1.165) is 25.9 Å². The van der Waals surface area contributed by atoms with Gasteiger partial charge in [-0.2, -0.15) is 0 Å². The van der Waals surface area contributed by atoms with Crippen LogP contribution in [0.5, 0.6) is 0 Å². The van der Waals surface area contributed by atoms with Crippen LogP contribution in [0.15, 0.2) is 5.16 Å². The van der Waals surface area contributed by atoms with E-state index in [1.807, 2.05) is 0 Å². The Morgan fingerprint density at radius 1 is 1.44 bits per heavy atom. The summed E-state index contributed by atoms with van der Waals surface area (Å²) in [5.41, 5.74) is 6.08. The molecule has 0 aromatic rings. The smallest absolute Gasteiger partial charge is 0.156 e. The zero-order valence-electron chi connectivity index (χ0n) is 10.7. The Kier molecular flexibility index (Phi) is 4.59. The van der Waals surface area contributed by atoms with E-state index in [9.17, 15) is 0 Å². The van der Waals surface area contributed by atoms with E-state index in [1.165, 1.54) is 12.8 Å². The molecule has 1 heterocycles. The molecule has 0 spiro atoms. The van der Waals surface area contributed by atoms with Crippen LogP contribution in [0.3, 0.4) is 0 Å². The third-order valence-electron chi connectivity index (χ3n) is 3.22. The summed E-state index contributed by atoms with van der Waals surface area (Å²) in [6, 6.07) is 0.140. The average Bonchev–Trinajstić information content (AvgIpc) is 2.25. The highest BCUT2D eigenvalue weighted by Crippen LogP contribution is 2.23. The molecule has 0 radical (unpaired) electrons. The van der Waals surface area contributed by atoms with Gasteiger partial charge in [0.05, 0.1) is 6.04 Å². The van der Waals surface area contributed by atoms with E-state index in [4.69, 9.17) is 10.9 Å². The minimum absolute atomic E-state index is 0.140. The maximum absolute atomic E-state index is 8.77. The molecule has 16 heavy (non-hydrogen) atoms. The molecule has 1 aliphatic heterocycles. The molecule has 1 fully saturated rings. The lowest BCUT2D eigenvalue weighted by Gasteiger charge is -2.36. The molecular formula is C12H25N3O. The maximum atomic E-state index is 8.77. The number of oxime groups is 1. The first-order valence-electron chi connectivity index (χ1n) is 6.15. The van der Waals surface area contributed by atoms with Crippen LogP contribution in [-0.2, 0) is 0 Å². The van der Waals surface area contributed by atoms with Gasteiger partial charge in [0, 0.05) is 0 Å². The van der Waals surface area contributed by atoms with Gasteiger partial charge in [0.1, 0.15) is 0 Å². The fourth-order valence-electron chi connectivity index (χ4n) is 2.14. The Morgan fingerprint density at radius 3 is 2.69 bits per heavy atom. The number of hydrogen-bond donors (Lipinski definition) is 2. The van der Waals surface area contributed by atoms with Gasteiger partial charge in [0.25, 0.3) is 0 Å². The second-order valence-electron chi connectivity index (χ2n) is 5.88. The van der Waals surface area contributed by atoms with Gasteiger partial charge < -0.3 is 10.9 Å². The van der Waals surface area contributed by atoms with Crippen molar-refractivity contribution in [2.24, 2.45) is 16.3 Å². The minimum Gasteiger partial charge on any atom is -0.409 e. The van der Waals surface area contributed by atoms with E-state index in [-0.39, 0.29) is 6.04 Å². The molecule has 0 aromatic carbocycles. The van der Waals surface area contributed by atoms with Crippen LogP contribution in [0.4, 0.5) is 0 Å². The summed E-state index contributed by atoms with van der Waals surface area (Å²) in [4.78, 5) is 2.35. The van der Waals surface area contributed by atoms with E-state index < -0.39 is 0 Å². The molecule has 0 aliphatic carbocycles. The summed E-state index contributed by atoms with van der Waals surface area (Å²) < 4.78 is 0. The van der Waals surface area contributed by atoms with Crippen LogP contribution in [0.2, 0.25) is 0 Å². The van der Waals surface area contributed by atoms with Crippen molar-refractivity contribution in [2.75, 3.05) is 13.1 Å². The number of piperidine rings is 1. The summed E-state index contributed by atoms with van der Waals surface area (Å²) in [5.74, 6) is 0.369. The normalized spacial score (nSPS) is 24.7. The Bertz CT molecular complexity index is 245. The van der Waals surface area contributed by atoms with Crippen molar-refractivity contribution in [2.45, 2.75) is 52.5 Å². The highest BCUT2D eigenvalue weighted by atomic mass is 16.4. The van der Waals surface area contributed by atoms with Crippen LogP contribution in [-0.4, -0.2) is 35.1 Å². The molecule has 3 N–H and O–H groups in total. The third-order valence-corrected chi connectivity index (χ3v) is 3.22. The van der Waals surface area contributed by atoms with Gasteiger partial charge in [-0.05, 0) is 37.8 Å². The predicted octanol–water partition coefficient (Wildman–Crippen LogP) is 2.02. The lowest BCUT2D eigenvalue weighted by Crippen LogP contribution is -2.48. The fourth-order valence-corrected chi connectivity index (χ4v) is 2.14. The first-order chi connectivity index (χ1) is 7.44. The SMILES string of the molecule is CC(C)(C)CCN1CCCCC1C(N)=NO. The molecule has 1 aliphatic rings. The van der Waals surface area contributed by atoms with Crippen LogP contribution in [0, 0.1) is 5.41 Å². The van der Waals surface area contributed by atoms with E-state index >= 15 is 0 Å². The van der Waals surface area contributed by atoms with Gasteiger partial charge in [-0.15, -0.1) is 0 Å². The van der Waals surface area contributed by atoms with Crippen molar-refractivity contribution < 1.29 is 5.21 Å². The molecule has 1 saturated heterocycles. The highest BCUT2D eigenvalue weighted by Gasteiger charge is 2.26. The molecule has 0 saturated carbocycles. The molecule has 0 aromatic heterocycles. The molecule has 1 atom stereocenters. The Morgan fingerprint density at radius 2 is 2.12 bits per heavy atom. The van der Waals surface area contributed by atoms with Crippen molar-refractivity contribution in [3.63, 3.8) is 0 Å². The number of hydrogen-bond acceptors (Lipinski definition) is 3. The largest absolute Gasteiger partial charge is 0.409 e. The van der Waals surface area contributed by atoms with Crippen molar-refractivity contribution >= 4 is 5.84 Å². The van der Waals surface area contributed by atoms with Gasteiger partial charge in [-0.3, -0.25) is 4.90 Å². The monoisotopic (exact) mass is 227 g/mol. The molecule has 0 bridgehead atoms. The second-order valence-corrected chi connectivity index (χ2v) is 5.88. The predicted molar refractivity (Wildman–Crippen MR) is 66.7 cm³/mol. The van der Waals surface area contributed by atoms with Gasteiger partial charge in [-0.25, -0.2) is 0 Å². The molecular weight excluding hydrogens is 202 g/mol. The van der Waals surface area contributed by atoms with Gasteiger partial charge >= 0.3 is 0 Å². The van der Waals surface area contributed by atoms with Gasteiger partial charge in [-0.1, -0.05) is 32.3 Å². The minimum atomic E-state index is 0.140. The summed E-state index contributed by atoms with van der Waals surface area (Å²) >= 11 is 0. The number of rotatable bonds is 3. The molecule has 4 heteroatoms. The maximum Gasteiger partial charge on any atom is 0.156 e. The highest BCUT2D eigenvalue weighted by molar-refractivity contribution is 5.85. The van der Waals surface area contributed by atoms with Crippen LogP contribution < -0.4 is 5.73 Å². The van der Waals surface area contributed by atoms with Crippen LogP contribution in [0.25, 0.3) is 0 Å². The lowest BCUT2D eigenvalue weighted by molar-refractivity contribution is 0.163.